The van der Waals surface area contributed by atoms with Gasteiger partial charge in [0.1, 0.15) is 5.01 Å². The molecule has 30 heavy (non-hydrogen) atoms. The molecule has 0 spiro atoms. The average Bonchev–Trinajstić information content (AvgIpc) is 3.49. The van der Waals surface area contributed by atoms with E-state index in [0.717, 1.165) is 54.3 Å². The summed E-state index contributed by atoms with van der Waals surface area (Å²) in [4.78, 5) is 22.4. The van der Waals surface area contributed by atoms with Gasteiger partial charge >= 0.3 is 0 Å². The van der Waals surface area contributed by atoms with Crippen LogP contribution in [0.5, 0.6) is 0 Å². The lowest BCUT2D eigenvalue weighted by atomic mass is 10.1. The van der Waals surface area contributed by atoms with Crippen molar-refractivity contribution in [2.24, 2.45) is 0 Å². The van der Waals surface area contributed by atoms with E-state index >= 15 is 0 Å². The quantitative estimate of drug-likeness (QED) is 0.632. The number of nitrogens with zero attached hydrogens (tertiary/aromatic N) is 3. The molecule has 1 unspecified atom stereocenters. The third kappa shape index (κ3) is 3.94. The molecule has 2 fully saturated rings. The van der Waals surface area contributed by atoms with Crippen molar-refractivity contribution in [3.8, 4) is 0 Å². The Morgan fingerprint density at radius 1 is 1.13 bits per heavy atom. The standard InChI is InChI=1S/C24H28N4OS/c1-17-15-18(27-12-4-5-13-27)10-11-19(17)25-23(29)16-28-14-6-8-21(28)24-26-20-7-2-3-9-22(20)30-24/h2-3,7,9-11,15,21H,4-6,8,12-14,16H2,1H3,(H,25,29). The first-order valence-electron chi connectivity index (χ1n) is 10.9. The van der Waals surface area contributed by atoms with Crippen molar-refractivity contribution in [1.29, 1.82) is 0 Å². The van der Waals surface area contributed by atoms with E-state index in [1.54, 1.807) is 11.3 Å². The Labute approximate surface area is 181 Å². The number of hydrogen-bond acceptors (Lipinski definition) is 5. The van der Waals surface area contributed by atoms with Crippen LogP contribution < -0.4 is 10.2 Å². The molecule has 0 radical (unpaired) electrons. The minimum Gasteiger partial charge on any atom is -0.372 e. The van der Waals surface area contributed by atoms with Gasteiger partial charge in [-0.1, -0.05) is 12.1 Å². The highest BCUT2D eigenvalue weighted by Crippen LogP contribution is 2.36. The van der Waals surface area contributed by atoms with Crippen LogP contribution in [0.2, 0.25) is 0 Å². The first kappa shape index (κ1) is 19.5. The summed E-state index contributed by atoms with van der Waals surface area (Å²) in [5.41, 5.74) is 4.36. The fraction of sp³-hybridized carbons (Fsp3) is 0.417. The second kappa shape index (κ2) is 8.36. The lowest BCUT2D eigenvalue weighted by Gasteiger charge is -2.23. The summed E-state index contributed by atoms with van der Waals surface area (Å²) in [7, 11) is 0. The van der Waals surface area contributed by atoms with Crippen LogP contribution in [0.25, 0.3) is 10.2 Å². The maximum atomic E-state index is 12.8. The van der Waals surface area contributed by atoms with Crippen LogP contribution in [0.15, 0.2) is 42.5 Å². The number of carbonyl (C=O) groups excluding carboxylic acids is 1. The molecular weight excluding hydrogens is 392 g/mol. The summed E-state index contributed by atoms with van der Waals surface area (Å²) in [6, 6.07) is 14.9. The van der Waals surface area contributed by atoms with E-state index in [0.29, 0.717) is 6.54 Å². The monoisotopic (exact) mass is 420 g/mol. The Morgan fingerprint density at radius 3 is 2.77 bits per heavy atom. The fourth-order valence-corrected chi connectivity index (χ4v) is 5.80. The highest BCUT2D eigenvalue weighted by molar-refractivity contribution is 7.18. The topological polar surface area (TPSA) is 48.5 Å². The van der Waals surface area contributed by atoms with Gasteiger partial charge < -0.3 is 10.2 Å². The fourth-order valence-electron chi connectivity index (χ4n) is 4.66. The third-order valence-corrected chi connectivity index (χ3v) is 7.40. The van der Waals surface area contributed by atoms with Crippen LogP contribution in [0.1, 0.15) is 42.3 Å². The number of para-hydroxylation sites is 1. The van der Waals surface area contributed by atoms with Crippen LogP contribution in [0.4, 0.5) is 11.4 Å². The highest BCUT2D eigenvalue weighted by atomic mass is 32.1. The van der Waals surface area contributed by atoms with Crippen LogP contribution in [0.3, 0.4) is 0 Å². The van der Waals surface area contributed by atoms with E-state index in [1.807, 2.05) is 6.07 Å². The zero-order valence-electron chi connectivity index (χ0n) is 17.4. The summed E-state index contributed by atoms with van der Waals surface area (Å²) in [5.74, 6) is 0.0556. The summed E-state index contributed by atoms with van der Waals surface area (Å²) < 4.78 is 1.22. The Bertz CT molecular complexity index is 1020. The van der Waals surface area contributed by atoms with E-state index < -0.39 is 0 Å². The number of aryl methyl sites for hydroxylation is 1. The van der Waals surface area contributed by atoms with Gasteiger partial charge in [-0.2, -0.15) is 0 Å². The van der Waals surface area contributed by atoms with E-state index in [4.69, 9.17) is 4.98 Å². The van der Waals surface area contributed by atoms with E-state index in [9.17, 15) is 4.79 Å². The number of aromatic nitrogens is 1. The maximum absolute atomic E-state index is 12.8. The number of hydrogen-bond donors (Lipinski definition) is 1. The minimum atomic E-state index is 0.0556. The molecule has 2 aliphatic heterocycles. The number of benzene rings is 2. The number of likely N-dealkylation sites (tertiary alicyclic amines) is 1. The van der Waals surface area contributed by atoms with E-state index in [1.165, 1.54) is 23.2 Å². The Balaban J connectivity index is 1.25. The van der Waals surface area contributed by atoms with E-state index in [-0.39, 0.29) is 11.9 Å². The van der Waals surface area contributed by atoms with Crippen molar-refractivity contribution in [1.82, 2.24) is 9.88 Å². The summed E-state index contributed by atoms with van der Waals surface area (Å²) in [6.07, 6.45) is 4.71. The van der Waals surface area contributed by atoms with Crippen molar-refractivity contribution in [2.75, 3.05) is 36.4 Å². The minimum absolute atomic E-state index is 0.0556. The first-order chi connectivity index (χ1) is 14.7. The van der Waals surface area contributed by atoms with Gasteiger partial charge in [0.15, 0.2) is 0 Å². The second-order valence-corrected chi connectivity index (χ2v) is 9.45. The second-order valence-electron chi connectivity index (χ2n) is 8.39. The summed E-state index contributed by atoms with van der Waals surface area (Å²) >= 11 is 1.76. The van der Waals surface area contributed by atoms with E-state index in [2.05, 4.69) is 58.4 Å². The molecule has 0 aliphatic carbocycles. The van der Waals surface area contributed by atoms with Crippen molar-refractivity contribution in [2.45, 2.75) is 38.6 Å². The van der Waals surface area contributed by atoms with Gasteiger partial charge in [-0.05, 0) is 75.0 Å². The number of fused-ring (bicyclic) bond motifs is 1. The van der Waals surface area contributed by atoms with Gasteiger partial charge in [0.25, 0.3) is 0 Å². The molecule has 2 aliphatic rings. The predicted octanol–water partition coefficient (Wildman–Crippen LogP) is 4.98. The zero-order chi connectivity index (χ0) is 20.5. The Hall–Kier alpha value is -2.44. The predicted molar refractivity (Wildman–Crippen MR) is 124 cm³/mol. The van der Waals surface area contributed by atoms with Gasteiger partial charge in [-0.25, -0.2) is 4.98 Å². The van der Waals surface area contributed by atoms with Crippen LogP contribution in [-0.4, -0.2) is 42.0 Å². The molecule has 1 aromatic heterocycles. The lowest BCUT2D eigenvalue weighted by Crippen LogP contribution is -2.33. The third-order valence-electron chi connectivity index (χ3n) is 6.26. The summed E-state index contributed by atoms with van der Waals surface area (Å²) in [5, 5.41) is 4.27. The number of carbonyl (C=O) groups is 1. The molecule has 5 nitrogen and oxygen atoms in total. The van der Waals surface area contributed by atoms with Crippen LogP contribution in [-0.2, 0) is 4.79 Å². The van der Waals surface area contributed by atoms with Gasteiger partial charge in [0, 0.05) is 24.5 Å². The van der Waals surface area contributed by atoms with Crippen LogP contribution >= 0.6 is 11.3 Å². The van der Waals surface area contributed by atoms with Gasteiger partial charge in [-0.3, -0.25) is 9.69 Å². The molecule has 0 saturated carbocycles. The molecule has 6 heteroatoms. The normalized spacial score (nSPS) is 19.6. The molecule has 2 aromatic carbocycles. The van der Waals surface area contributed by atoms with Gasteiger partial charge in [-0.15, -0.1) is 11.3 Å². The molecule has 3 aromatic rings. The molecular formula is C24H28N4OS. The number of nitrogens with one attached hydrogen (secondary N) is 1. The molecule has 5 rings (SSSR count). The number of amides is 1. The zero-order valence-corrected chi connectivity index (χ0v) is 18.3. The number of rotatable bonds is 5. The Morgan fingerprint density at radius 2 is 1.97 bits per heavy atom. The average molecular weight is 421 g/mol. The largest absolute Gasteiger partial charge is 0.372 e. The maximum Gasteiger partial charge on any atom is 0.238 e. The molecule has 1 atom stereocenters. The Kier molecular flexibility index (Phi) is 5.44. The number of thiazole rings is 1. The van der Waals surface area contributed by atoms with Crippen molar-refractivity contribution in [3.05, 3.63) is 53.0 Å². The highest BCUT2D eigenvalue weighted by Gasteiger charge is 2.30. The molecule has 1 amide bonds. The first-order valence-corrected chi connectivity index (χ1v) is 11.7. The lowest BCUT2D eigenvalue weighted by molar-refractivity contribution is -0.117. The summed E-state index contributed by atoms with van der Waals surface area (Å²) in [6.45, 7) is 5.70. The molecule has 1 N–H and O–H groups in total. The SMILES string of the molecule is Cc1cc(N2CCCC2)ccc1NC(=O)CN1CCCC1c1nc2ccccc2s1. The van der Waals surface area contributed by atoms with Crippen LogP contribution in [0, 0.1) is 6.92 Å². The molecule has 0 bridgehead atoms. The molecule has 3 heterocycles. The molecule has 156 valence electrons. The van der Waals surface area contributed by atoms with Gasteiger partial charge in [0.2, 0.25) is 5.91 Å². The van der Waals surface area contributed by atoms with Gasteiger partial charge in [0.05, 0.1) is 22.8 Å². The smallest absolute Gasteiger partial charge is 0.238 e. The molecule has 2 saturated heterocycles. The van der Waals surface area contributed by atoms with Crippen molar-refractivity contribution in [3.63, 3.8) is 0 Å². The van der Waals surface area contributed by atoms with Crippen molar-refractivity contribution >= 4 is 38.8 Å². The van der Waals surface area contributed by atoms with Crippen molar-refractivity contribution < 1.29 is 4.79 Å². The number of anilines is 2.